The van der Waals surface area contributed by atoms with Gasteiger partial charge in [-0.2, -0.15) is 0 Å². The Hall–Kier alpha value is -2.98. The highest BCUT2D eigenvalue weighted by Crippen LogP contribution is 2.50. The third-order valence-electron chi connectivity index (χ3n) is 6.26. The molecule has 0 amide bonds. The van der Waals surface area contributed by atoms with E-state index in [1.165, 1.54) is 6.07 Å². The first-order chi connectivity index (χ1) is 15.6. The summed E-state index contributed by atoms with van der Waals surface area (Å²) in [6, 6.07) is 18.9. The molecule has 3 atom stereocenters. The van der Waals surface area contributed by atoms with Crippen LogP contribution in [0, 0.1) is 11.7 Å². The number of anilines is 1. The Balaban J connectivity index is 1.41. The summed E-state index contributed by atoms with van der Waals surface area (Å²) < 4.78 is 25.9. The van der Waals surface area contributed by atoms with Crippen LogP contribution in [-0.4, -0.2) is 6.61 Å². The van der Waals surface area contributed by atoms with Crippen LogP contribution in [0.1, 0.15) is 42.0 Å². The van der Waals surface area contributed by atoms with Crippen molar-refractivity contribution in [3.63, 3.8) is 0 Å². The summed E-state index contributed by atoms with van der Waals surface area (Å²) in [5, 5.41) is 4.35. The van der Waals surface area contributed by atoms with Crippen molar-refractivity contribution in [3.05, 3.63) is 100 Å². The van der Waals surface area contributed by atoms with E-state index < -0.39 is 0 Å². The lowest BCUT2D eigenvalue weighted by Gasteiger charge is -2.37. The van der Waals surface area contributed by atoms with Gasteiger partial charge in [-0.25, -0.2) is 4.39 Å². The van der Waals surface area contributed by atoms with E-state index in [4.69, 9.17) is 21.1 Å². The fourth-order valence-corrected chi connectivity index (χ4v) is 4.87. The van der Waals surface area contributed by atoms with Crippen molar-refractivity contribution < 1.29 is 13.9 Å². The second kappa shape index (κ2) is 8.87. The van der Waals surface area contributed by atoms with E-state index in [0.29, 0.717) is 29.9 Å². The third-order valence-corrected chi connectivity index (χ3v) is 6.51. The van der Waals surface area contributed by atoms with Crippen molar-refractivity contribution in [1.82, 2.24) is 0 Å². The molecule has 0 fully saturated rings. The lowest BCUT2D eigenvalue weighted by atomic mass is 9.77. The van der Waals surface area contributed by atoms with Crippen LogP contribution in [0.15, 0.2) is 72.8 Å². The first-order valence-electron chi connectivity index (χ1n) is 11.0. The molecule has 2 aliphatic rings. The Morgan fingerprint density at radius 2 is 1.84 bits per heavy atom. The number of hydrogen-bond donors (Lipinski definition) is 1. The minimum absolute atomic E-state index is 0.109. The van der Waals surface area contributed by atoms with Gasteiger partial charge in [0.2, 0.25) is 0 Å². The summed E-state index contributed by atoms with van der Waals surface area (Å²) in [5.74, 6) is 1.80. The van der Waals surface area contributed by atoms with E-state index in [1.54, 1.807) is 6.07 Å². The molecule has 164 valence electrons. The van der Waals surface area contributed by atoms with Gasteiger partial charge in [0.15, 0.2) is 11.5 Å². The normalized spacial score (nSPS) is 20.9. The van der Waals surface area contributed by atoms with Gasteiger partial charge < -0.3 is 14.8 Å². The molecule has 32 heavy (non-hydrogen) atoms. The van der Waals surface area contributed by atoms with Gasteiger partial charge in [0.1, 0.15) is 12.4 Å². The van der Waals surface area contributed by atoms with Gasteiger partial charge in [-0.05, 0) is 78.4 Å². The van der Waals surface area contributed by atoms with Crippen molar-refractivity contribution in [3.8, 4) is 11.5 Å². The van der Waals surface area contributed by atoms with Crippen molar-refractivity contribution in [2.24, 2.45) is 5.92 Å². The molecule has 0 saturated heterocycles. The smallest absolute Gasteiger partial charge is 0.161 e. The van der Waals surface area contributed by atoms with Gasteiger partial charge in [-0.15, -0.1) is 0 Å². The topological polar surface area (TPSA) is 30.5 Å². The van der Waals surface area contributed by atoms with Crippen LogP contribution in [0.5, 0.6) is 11.5 Å². The lowest BCUT2D eigenvalue weighted by Crippen LogP contribution is -2.29. The van der Waals surface area contributed by atoms with Gasteiger partial charge in [-0.1, -0.05) is 42.0 Å². The molecule has 3 aromatic carbocycles. The van der Waals surface area contributed by atoms with E-state index in [2.05, 4.69) is 29.6 Å². The minimum atomic E-state index is -0.191. The molecule has 3 aromatic rings. The SMILES string of the molecule is CCOc1cc([C@@H]2Nc3ccc(F)cc3[C@@H]3C=CC[C@@H]32)ccc1OCc1ccc(Cl)cc1. The molecule has 0 aromatic heterocycles. The fourth-order valence-electron chi connectivity index (χ4n) is 4.74. The van der Waals surface area contributed by atoms with E-state index in [-0.39, 0.29) is 17.8 Å². The number of benzene rings is 3. The summed E-state index contributed by atoms with van der Waals surface area (Å²) in [6.07, 6.45) is 5.37. The molecule has 1 N–H and O–H groups in total. The van der Waals surface area contributed by atoms with Crippen LogP contribution in [0.2, 0.25) is 5.02 Å². The highest BCUT2D eigenvalue weighted by atomic mass is 35.5. The Morgan fingerprint density at radius 3 is 2.66 bits per heavy atom. The monoisotopic (exact) mass is 449 g/mol. The second-order valence-corrected chi connectivity index (χ2v) is 8.70. The van der Waals surface area contributed by atoms with Crippen molar-refractivity contribution >= 4 is 17.3 Å². The van der Waals surface area contributed by atoms with Crippen LogP contribution in [0.25, 0.3) is 0 Å². The Kier molecular flexibility index (Phi) is 5.79. The van der Waals surface area contributed by atoms with Crippen LogP contribution in [0.3, 0.4) is 0 Å². The fraction of sp³-hybridized carbons (Fsp3) is 0.259. The number of ether oxygens (including phenoxy) is 2. The summed E-state index contributed by atoms with van der Waals surface area (Å²) in [4.78, 5) is 0. The van der Waals surface area contributed by atoms with Gasteiger partial charge in [0.05, 0.1) is 12.6 Å². The molecule has 0 radical (unpaired) electrons. The van der Waals surface area contributed by atoms with Crippen molar-refractivity contribution in [2.45, 2.75) is 31.9 Å². The first-order valence-corrected chi connectivity index (χ1v) is 11.4. The zero-order valence-electron chi connectivity index (χ0n) is 17.9. The van der Waals surface area contributed by atoms with Crippen LogP contribution >= 0.6 is 11.6 Å². The maximum absolute atomic E-state index is 13.9. The maximum atomic E-state index is 13.9. The molecule has 0 spiro atoms. The largest absolute Gasteiger partial charge is 0.490 e. The maximum Gasteiger partial charge on any atom is 0.161 e. The van der Waals surface area contributed by atoms with Crippen LogP contribution in [0.4, 0.5) is 10.1 Å². The predicted molar refractivity (Wildman–Crippen MR) is 126 cm³/mol. The van der Waals surface area contributed by atoms with E-state index in [0.717, 1.165) is 34.5 Å². The standard InChI is InChI=1S/C27H25ClFNO2/c1-2-31-26-14-18(8-13-25(26)32-16-17-6-9-19(28)10-7-17)27-22-5-3-4-21(22)23-15-20(29)11-12-24(23)30-27/h3-4,6-15,21-22,27,30H,2,5,16H2,1H3/t21-,22+,27+/m1/s1. The van der Waals surface area contributed by atoms with Crippen molar-refractivity contribution in [1.29, 1.82) is 0 Å². The molecule has 0 bridgehead atoms. The third kappa shape index (κ3) is 4.07. The Bertz CT molecular complexity index is 1140. The molecule has 1 aliphatic heterocycles. The molecule has 0 unspecified atom stereocenters. The number of fused-ring (bicyclic) bond motifs is 3. The van der Waals surface area contributed by atoms with Gasteiger partial charge in [0, 0.05) is 16.6 Å². The second-order valence-electron chi connectivity index (χ2n) is 8.26. The molecule has 5 rings (SSSR count). The number of halogens is 2. The lowest BCUT2D eigenvalue weighted by molar-refractivity contribution is 0.268. The van der Waals surface area contributed by atoms with Gasteiger partial charge in [-0.3, -0.25) is 0 Å². The Labute approximate surface area is 192 Å². The summed E-state index contributed by atoms with van der Waals surface area (Å²) >= 11 is 5.97. The zero-order valence-corrected chi connectivity index (χ0v) is 18.6. The molecular weight excluding hydrogens is 425 g/mol. The highest BCUT2D eigenvalue weighted by molar-refractivity contribution is 6.30. The number of rotatable bonds is 6. The van der Waals surface area contributed by atoms with Crippen LogP contribution in [-0.2, 0) is 6.61 Å². The van der Waals surface area contributed by atoms with E-state index >= 15 is 0 Å². The minimum Gasteiger partial charge on any atom is -0.490 e. The van der Waals surface area contributed by atoms with E-state index in [9.17, 15) is 4.39 Å². The average Bonchev–Trinajstić information content (AvgIpc) is 3.29. The first kappa shape index (κ1) is 20.9. The number of allylic oxidation sites excluding steroid dienone is 2. The molecular formula is C27H25ClFNO2. The number of hydrogen-bond acceptors (Lipinski definition) is 3. The molecule has 5 heteroatoms. The molecule has 0 saturated carbocycles. The zero-order chi connectivity index (χ0) is 22.1. The Morgan fingerprint density at radius 1 is 1.00 bits per heavy atom. The van der Waals surface area contributed by atoms with Gasteiger partial charge >= 0.3 is 0 Å². The molecule has 3 nitrogen and oxygen atoms in total. The van der Waals surface area contributed by atoms with Gasteiger partial charge in [0.25, 0.3) is 0 Å². The van der Waals surface area contributed by atoms with Crippen LogP contribution < -0.4 is 14.8 Å². The molecule has 1 aliphatic carbocycles. The number of nitrogens with one attached hydrogen (secondary N) is 1. The summed E-state index contributed by atoms with van der Waals surface area (Å²) in [5.41, 5.74) is 4.21. The quantitative estimate of drug-likeness (QED) is 0.401. The predicted octanol–water partition coefficient (Wildman–Crippen LogP) is 7.28. The van der Waals surface area contributed by atoms with Crippen molar-refractivity contribution in [2.75, 3.05) is 11.9 Å². The van der Waals surface area contributed by atoms with E-state index in [1.807, 2.05) is 43.3 Å². The average molecular weight is 450 g/mol. The summed E-state index contributed by atoms with van der Waals surface area (Å²) in [6.45, 7) is 2.95. The highest BCUT2D eigenvalue weighted by Gasteiger charge is 2.38. The molecule has 1 heterocycles. The summed E-state index contributed by atoms with van der Waals surface area (Å²) in [7, 11) is 0.